The van der Waals surface area contributed by atoms with Gasteiger partial charge >= 0.3 is 12.1 Å². The number of aromatic carboxylic acids is 1. The lowest BCUT2D eigenvalue weighted by Gasteiger charge is -2.10. The van der Waals surface area contributed by atoms with Crippen molar-refractivity contribution in [3.63, 3.8) is 0 Å². The Hall–Kier alpha value is -1.03. The Labute approximate surface area is 127 Å². The highest BCUT2D eigenvalue weighted by Crippen LogP contribution is 2.21. The lowest BCUT2D eigenvalue weighted by Crippen LogP contribution is -2.18. The first-order valence-corrected chi connectivity index (χ1v) is 6.67. The number of rotatable bonds is 7. The molecule has 0 saturated carbocycles. The normalized spacial score (nSPS) is 11.4. The van der Waals surface area contributed by atoms with Crippen molar-refractivity contribution in [2.45, 2.75) is 12.6 Å². The highest BCUT2D eigenvalue weighted by atomic mass is 127. The van der Waals surface area contributed by atoms with E-state index in [0.29, 0.717) is 0 Å². The van der Waals surface area contributed by atoms with Gasteiger partial charge in [-0.25, -0.2) is 4.79 Å². The zero-order valence-corrected chi connectivity index (χ0v) is 12.4. The predicted octanol–water partition coefficient (Wildman–Crippen LogP) is 3.34. The van der Waals surface area contributed by atoms with Crippen LogP contribution in [-0.2, 0) is 4.74 Å². The van der Waals surface area contributed by atoms with E-state index in [1.165, 1.54) is 12.1 Å². The molecule has 0 aromatic heterocycles. The number of alkyl halides is 3. The van der Waals surface area contributed by atoms with Crippen LogP contribution in [0.1, 0.15) is 16.8 Å². The second kappa shape index (κ2) is 7.67. The van der Waals surface area contributed by atoms with E-state index < -0.39 is 18.8 Å². The fourth-order valence-corrected chi connectivity index (χ4v) is 1.82. The SMILES string of the molecule is O=C(O)c1cc(I)ccc1OCCCOCC(F)(F)F. The number of halogens is 4. The molecule has 0 amide bonds. The van der Waals surface area contributed by atoms with Crippen LogP contribution in [0.15, 0.2) is 18.2 Å². The molecule has 112 valence electrons. The maximum Gasteiger partial charge on any atom is 0.411 e. The van der Waals surface area contributed by atoms with Gasteiger partial charge in [-0.2, -0.15) is 13.2 Å². The van der Waals surface area contributed by atoms with Crippen LogP contribution in [-0.4, -0.2) is 37.1 Å². The van der Waals surface area contributed by atoms with E-state index in [2.05, 4.69) is 4.74 Å². The summed E-state index contributed by atoms with van der Waals surface area (Å²) < 4.78 is 45.8. The average Bonchev–Trinajstić information content (AvgIpc) is 2.33. The second-order valence-corrected chi connectivity index (χ2v) is 5.06. The predicted molar refractivity (Wildman–Crippen MR) is 73.1 cm³/mol. The molecule has 0 heterocycles. The van der Waals surface area contributed by atoms with Crippen LogP contribution in [0.25, 0.3) is 0 Å². The van der Waals surface area contributed by atoms with E-state index in [0.717, 1.165) is 3.57 Å². The van der Waals surface area contributed by atoms with E-state index >= 15 is 0 Å². The molecular formula is C12H12F3IO4. The number of hydrogen-bond acceptors (Lipinski definition) is 3. The summed E-state index contributed by atoms with van der Waals surface area (Å²) in [6.45, 7) is -1.32. The molecule has 1 aromatic carbocycles. The Balaban J connectivity index is 2.37. The molecule has 8 heteroatoms. The van der Waals surface area contributed by atoms with Gasteiger partial charge in [-0.15, -0.1) is 0 Å². The summed E-state index contributed by atoms with van der Waals surface area (Å²) in [5.41, 5.74) is 0.0214. The third-order valence-electron chi connectivity index (χ3n) is 2.13. The molecule has 0 fully saturated rings. The molecule has 0 saturated heterocycles. The fourth-order valence-electron chi connectivity index (χ4n) is 1.33. The molecule has 0 atom stereocenters. The van der Waals surface area contributed by atoms with Crippen LogP contribution >= 0.6 is 22.6 Å². The minimum atomic E-state index is -4.34. The van der Waals surface area contributed by atoms with E-state index in [1.807, 2.05) is 22.6 Å². The van der Waals surface area contributed by atoms with Gasteiger partial charge in [-0.05, 0) is 40.8 Å². The summed E-state index contributed by atoms with van der Waals surface area (Å²) in [6.07, 6.45) is -4.10. The van der Waals surface area contributed by atoms with Gasteiger partial charge in [-0.3, -0.25) is 0 Å². The average molecular weight is 404 g/mol. The molecule has 4 nitrogen and oxygen atoms in total. The quantitative estimate of drug-likeness (QED) is 0.560. The van der Waals surface area contributed by atoms with Crippen LogP contribution < -0.4 is 4.74 Å². The molecular weight excluding hydrogens is 392 g/mol. The third kappa shape index (κ3) is 6.42. The van der Waals surface area contributed by atoms with Crippen LogP contribution in [0.3, 0.4) is 0 Å². The first kappa shape index (κ1) is 17.0. The monoisotopic (exact) mass is 404 g/mol. The van der Waals surface area contributed by atoms with Crippen molar-refractivity contribution in [2.75, 3.05) is 19.8 Å². The van der Waals surface area contributed by atoms with Gasteiger partial charge in [0.1, 0.15) is 17.9 Å². The number of benzene rings is 1. The molecule has 0 radical (unpaired) electrons. The summed E-state index contributed by atoms with van der Waals surface area (Å²) in [4.78, 5) is 11.0. The molecule has 0 aliphatic rings. The van der Waals surface area contributed by atoms with E-state index in [4.69, 9.17) is 9.84 Å². The summed E-state index contributed by atoms with van der Waals surface area (Å²) in [5.74, 6) is -0.930. The van der Waals surface area contributed by atoms with Crippen molar-refractivity contribution in [2.24, 2.45) is 0 Å². The van der Waals surface area contributed by atoms with Gasteiger partial charge in [0.2, 0.25) is 0 Å². The van der Waals surface area contributed by atoms with E-state index in [-0.39, 0.29) is 30.9 Å². The molecule has 1 N–H and O–H groups in total. The Bertz CT molecular complexity index is 463. The van der Waals surface area contributed by atoms with Gasteiger partial charge in [0.15, 0.2) is 0 Å². The molecule has 0 unspecified atom stereocenters. The molecule has 0 aliphatic heterocycles. The van der Waals surface area contributed by atoms with Crippen molar-refractivity contribution >= 4 is 28.6 Å². The van der Waals surface area contributed by atoms with Gasteiger partial charge < -0.3 is 14.6 Å². The number of carboxylic acids is 1. The van der Waals surface area contributed by atoms with Crippen LogP contribution in [0.2, 0.25) is 0 Å². The van der Waals surface area contributed by atoms with Gasteiger partial charge in [0, 0.05) is 9.99 Å². The Morgan fingerprint density at radius 1 is 1.30 bits per heavy atom. The Morgan fingerprint density at radius 2 is 2.00 bits per heavy atom. The summed E-state index contributed by atoms with van der Waals surface area (Å²) in [5, 5.41) is 8.99. The first-order chi connectivity index (χ1) is 9.29. The number of ether oxygens (including phenoxy) is 2. The summed E-state index contributed by atoms with van der Waals surface area (Å²) in [6, 6.07) is 4.66. The lowest BCUT2D eigenvalue weighted by molar-refractivity contribution is -0.174. The number of carbonyl (C=O) groups is 1. The molecule has 20 heavy (non-hydrogen) atoms. The number of carboxylic acid groups (broad SMARTS) is 1. The zero-order valence-electron chi connectivity index (χ0n) is 10.2. The maximum absolute atomic E-state index is 11.8. The van der Waals surface area contributed by atoms with E-state index in [9.17, 15) is 18.0 Å². The van der Waals surface area contributed by atoms with Crippen molar-refractivity contribution in [1.82, 2.24) is 0 Å². The highest BCUT2D eigenvalue weighted by Gasteiger charge is 2.27. The maximum atomic E-state index is 11.8. The Kier molecular flexibility index (Phi) is 6.53. The van der Waals surface area contributed by atoms with Crippen molar-refractivity contribution in [3.8, 4) is 5.75 Å². The summed E-state index contributed by atoms with van der Waals surface area (Å²) in [7, 11) is 0. The minimum absolute atomic E-state index is 0.0214. The third-order valence-corrected chi connectivity index (χ3v) is 2.80. The largest absolute Gasteiger partial charge is 0.493 e. The lowest BCUT2D eigenvalue weighted by atomic mass is 10.2. The molecule has 0 aliphatic carbocycles. The molecule has 1 aromatic rings. The number of hydrogen-bond donors (Lipinski definition) is 1. The zero-order chi connectivity index (χ0) is 15.2. The van der Waals surface area contributed by atoms with Gasteiger partial charge in [-0.1, -0.05) is 0 Å². The summed E-state index contributed by atoms with van der Waals surface area (Å²) >= 11 is 1.97. The van der Waals surface area contributed by atoms with Gasteiger partial charge in [0.05, 0.1) is 13.2 Å². The van der Waals surface area contributed by atoms with Crippen LogP contribution in [0.5, 0.6) is 5.75 Å². The van der Waals surface area contributed by atoms with Crippen molar-refractivity contribution in [1.29, 1.82) is 0 Å². The molecule has 0 bridgehead atoms. The Morgan fingerprint density at radius 3 is 2.60 bits per heavy atom. The highest BCUT2D eigenvalue weighted by molar-refractivity contribution is 14.1. The van der Waals surface area contributed by atoms with E-state index in [1.54, 1.807) is 6.07 Å². The standard InChI is InChI=1S/C12H12F3IO4/c13-12(14,15)7-19-4-1-5-20-10-3-2-8(16)6-9(10)11(17)18/h2-3,6H,1,4-5,7H2,(H,17,18). The van der Waals surface area contributed by atoms with Crippen LogP contribution in [0, 0.1) is 3.57 Å². The topological polar surface area (TPSA) is 55.8 Å². The second-order valence-electron chi connectivity index (χ2n) is 3.82. The van der Waals surface area contributed by atoms with Crippen LogP contribution in [0.4, 0.5) is 13.2 Å². The van der Waals surface area contributed by atoms with Gasteiger partial charge in [0.25, 0.3) is 0 Å². The molecule has 1 rings (SSSR count). The smallest absolute Gasteiger partial charge is 0.411 e. The van der Waals surface area contributed by atoms with Crippen molar-refractivity contribution in [3.05, 3.63) is 27.3 Å². The van der Waals surface area contributed by atoms with Crippen molar-refractivity contribution < 1.29 is 32.5 Å². The first-order valence-electron chi connectivity index (χ1n) is 5.60. The minimum Gasteiger partial charge on any atom is -0.493 e. The fraction of sp³-hybridized carbons (Fsp3) is 0.417. The molecule has 0 spiro atoms.